The monoisotopic (exact) mass is 295 g/mol. The van der Waals surface area contributed by atoms with E-state index >= 15 is 0 Å². The largest absolute Gasteiger partial charge is 0.352 e. The summed E-state index contributed by atoms with van der Waals surface area (Å²) in [5.74, 6) is 0.414. The first-order valence-electron chi connectivity index (χ1n) is 6.06. The Morgan fingerprint density at radius 2 is 2.25 bits per heavy atom. The van der Waals surface area contributed by atoms with E-state index in [1.165, 1.54) is 23.7 Å². The molecule has 2 heterocycles. The summed E-state index contributed by atoms with van der Waals surface area (Å²) >= 11 is 1.41. The number of aryl methyl sites for hydroxylation is 1. The molecule has 0 radical (unpaired) electrons. The summed E-state index contributed by atoms with van der Waals surface area (Å²) in [5.41, 5.74) is 0. The molecule has 0 aliphatic rings. The molecule has 6 nitrogen and oxygen atoms in total. The number of hydrogen-bond acceptors (Lipinski definition) is 6. The summed E-state index contributed by atoms with van der Waals surface area (Å²) in [4.78, 5) is 22.8. The van der Waals surface area contributed by atoms with Crippen LogP contribution in [0.4, 0.5) is 16.3 Å². The maximum absolute atomic E-state index is 13.3. The van der Waals surface area contributed by atoms with Gasteiger partial charge in [0.25, 0.3) is 0 Å². The van der Waals surface area contributed by atoms with Crippen LogP contribution in [-0.2, 0) is 11.2 Å². The number of carbonyl (C=O) groups excluding carboxylic acids is 1. The van der Waals surface area contributed by atoms with E-state index in [-0.39, 0.29) is 17.8 Å². The van der Waals surface area contributed by atoms with E-state index in [9.17, 15) is 9.18 Å². The molecule has 2 rings (SSSR count). The minimum atomic E-state index is -0.153. The van der Waals surface area contributed by atoms with E-state index < -0.39 is 0 Å². The molecule has 2 aromatic rings. The number of amides is 1. The highest BCUT2D eigenvalue weighted by atomic mass is 32.1. The van der Waals surface area contributed by atoms with Crippen molar-refractivity contribution in [3.05, 3.63) is 28.5 Å². The smallest absolute Gasteiger partial charge is 0.233 e. The van der Waals surface area contributed by atoms with E-state index in [1.54, 1.807) is 5.38 Å². The van der Waals surface area contributed by atoms with Crippen LogP contribution in [0.2, 0.25) is 0 Å². The van der Waals surface area contributed by atoms with Gasteiger partial charge in [0.2, 0.25) is 18.3 Å². The Morgan fingerprint density at radius 1 is 1.45 bits per heavy atom. The molecule has 20 heavy (non-hydrogen) atoms. The van der Waals surface area contributed by atoms with Gasteiger partial charge in [-0.25, -0.2) is 14.4 Å². The fourth-order valence-electron chi connectivity index (χ4n) is 1.63. The van der Waals surface area contributed by atoms with E-state index in [0.29, 0.717) is 18.8 Å². The maximum atomic E-state index is 13.3. The SMILES string of the molecule is CC(CCc1sccc1F)Nc1ncnc(NC=O)n1. The van der Waals surface area contributed by atoms with Crippen LogP contribution in [0.25, 0.3) is 0 Å². The Morgan fingerprint density at radius 3 is 2.95 bits per heavy atom. The predicted molar refractivity (Wildman–Crippen MR) is 75.2 cm³/mol. The number of anilines is 2. The lowest BCUT2D eigenvalue weighted by molar-refractivity contribution is -0.105. The van der Waals surface area contributed by atoms with Gasteiger partial charge in [-0.15, -0.1) is 11.3 Å². The molecule has 106 valence electrons. The van der Waals surface area contributed by atoms with Crippen LogP contribution >= 0.6 is 11.3 Å². The van der Waals surface area contributed by atoms with Crippen LogP contribution in [0.1, 0.15) is 18.2 Å². The van der Waals surface area contributed by atoms with E-state index in [1.807, 2.05) is 6.92 Å². The Bertz CT molecular complexity index is 576. The van der Waals surface area contributed by atoms with Crippen molar-refractivity contribution >= 4 is 29.6 Å². The van der Waals surface area contributed by atoms with Crippen molar-refractivity contribution in [2.45, 2.75) is 25.8 Å². The summed E-state index contributed by atoms with van der Waals surface area (Å²) in [6.45, 7) is 1.96. The summed E-state index contributed by atoms with van der Waals surface area (Å²) in [5, 5.41) is 7.18. The van der Waals surface area contributed by atoms with Crippen LogP contribution in [0, 0.1) is 5.82 Å². The average Bonchev–Trinajstić information content (AvgIpc) is 2.83. The lowest BCUT2D eigenvalue weighted by Gasteiger charge is -2.13. The third-order valence-electron chi connectivity index (χ3n) is 2.63. The summed E-state index contributed by atoms with van der Waals surface area (Å²) < 4.78 is 13.3. The lowest BCUT2D eigenvalue weighted by atomic mass is 10.1. The standard InChI is InChI=1S/C12H14FN5OS/c1-8(2-3-10-9(13)4-5-20-10)17-12-15-6-14-11(18-12)16-7-19/h4-8H,2-3H2,1H3,(H2,14,15,16,17,18,19). The summed E-state index contributed by atoms with van der Waals surface area (Å²) in [7, 11) is 0. The molecular weight excluding hydrogens is 281 g/mol. The van der Waals surface area contributed by atoms with Gasteiger partial charge in [-0.05, 0) is 31.2 Å². The second-order valence-electron chi connectivity index (χ2n) is 4.17. The molecule has 0 bridgehead atoms. The minimum absolute atomic E-state index is 0.0722. The van der Waals surface area contributed by atoms with Gasteiger partial charge >= 0.3 is 0 Å². The number of thiophene rings is 1. The normalized spacial score (nSPS) is 11.9. The van der Waals surface area contributed by atoms with Crippen LogP contribution in [0.5, 0.6) is 0 Å². The molecule has 1 amide bonds. The Kier molecular flexibility index (Phi) is 4.94. The molecule has 0 spiro atoms. The molecule has 0 aliphatic carbocycles. The average molecular weight is 295 g/mol. The topological polar surface area (TPSA) is 79.8 Å². The number of halogens is 1. The zero-order valence-electron chi connectivity index (χ0n) is 10.8. The van der Waals surface area contributed by atoms with Gasteiger partial charge in [-0.1, -0.05) is 0 Å². The van der Waals surface area contributed by atoms with Gasteiger partial charge < -0.3 is 5.32 Å². The van der Waals surface area contributed by atoms with Crippen molar-refractivity contribution in [2.24, 2.45) is 0 Å². The summed E-state index contributed by atoms with van der Waals surface area (Å²) in [6.07, 6.45) is 3.22. The number of hydrogen-bond donors (Lipinski definition) is 2. The van der Waals surface area contributed by atoms with Crippen molar-refractivity contribution in [3.63, 3.8) is 0 Å². The van der Waals surface area contributed by atoms with Crippen LogP contribution < -0.4 is 10.6 Å². The zero-order valence-corrected chi connectivity index (χ0v) is 11.7. The van der Waals surface area contributed by atoms with Gasteiger partial charge in [-0.3, -0.25) is 10.1 Å². The number of nitrogens with zero attached hydrogens (tertiary/aromatic N) is 3. The third-order valence-corrected chi connectivity index (χ3v) is 3.59. The van der Waals surface area contributed by atoms with E-state index in [4.69, 9.17) is 0 Å². The quantitative estimate of drug-likeness (QED) is 0.764. The molecule has 0 saturated carbocycles. The number of carbonyl (C=O) groups is 1. The Labute approximate surface area is 119 Å². The van der Waals surface area contributed by atoms with E-state index in [0.717, 1.165) is 11.3 Å². The number of aromatic nitrogens is 3. The molecule has 2 N–H and O–H groups in total. The Balaban J connectivity index is 1.87. The van der Waals surface area contributed by atoms with Crippen LogP contribution in [0.15, 0.2) is 17.8 Å². The molecule has 2 aromatic heterocycles. The molecule has 1 unspecified atom stereocenters. The molecule has 8 heteroatoms. The van der Waals surface area contributed by atoms with Crippen molar-refractivity contribution in [2.75, 3.05) is 10.6 Å². The van der Waals surface area contributed by atoms with Crippen molar-refractivity contribution in [3.8, 4) is 0 Å². The fourth-order valence-corrected chi connectivity index (χ4v) is 2.40. The molecule has 0 aromatic carbocycles. The van der Waals surface area contributed by atoms with Gasteiger partial charge in [0.1, 0.15) is 12.1 Å². The first kappa shape index (κ1) is 14.3. The number of nitrogens with one attached hydrogen (secondary N) is 2. The van der Waals surface area contributed by atoms with Gasteiger partial charge in [0.05, 0.1) is 0 Å². The van der Waals surface area contributed by atoms with Crippen molar-refractivity contribution in [1.82, 2.24) is 15.0 Å². The van der Waals surface area contributed by atoms with Crippen LogP contribution in [0.3, 0.4) is 0 Å². The van der Waals surface area contributed by atoms with Crippen molar-refractivity contribution in [1.29, 1.82) is 0 Å². The molecule has 0 aliphatic heterocycles. The molecule has 1 atom stereocenters. The first-order chi connectivity index (χ1) is 9.69. The minimum Gasteiger partial charge on any atom is -0.352 e. The second kappa shape index (κ2) is 6.90. The van der Waals surface area contributed by atoms with E-state index in [2.05, 4.69) is 25.6 Å². The van der Waals surface area contributed by atoms with Gasteiger partial charge in [0, 0.05) is 10.9 Å². The Hall–Kier alpha value is -2.09. The molecular formula is C12H14FN5OS. The van der Waals surface area contributed by atoms with Crippen molar-refractivity contribution < 1.29 is 9.18 Å². The first-order valence-corrected chi connectivity index (χ1v) is 6.94. The van der Waals surface area contributed by atoms with Crippen LogP contribution in [-0.4, -0.2) is 27.4 Å². The number of rotatable bonds is 7. The third kappa shape index (κ3) is 3.95. The summed E-state index contributed by atoms with van der Waals surface area (Å²) in [6, 6.07) is 1.55. The van der Waals surface area contributed by atoms with Gasteiger partial charge in [0.15, 0.2) is 0 Å². The highest BCUT2D eigenvalue weighted by molar-refractivity contribution is 7.09. The molecule has 0 fully saturated rings. The fraction of sp³-hybridized carbons (Fsp3) is 0.333. The maximum Gasteiger partial charge on any atom is 0.233 e. The van der Waals surface area contributed by atoms with Gasteiger partial charge in [-0.2, -0.15) is 4.98 Å². The highest BCUT2D eigenvalue weighted by Crippen LogP contribution is 2.18. The lowest BCUT2D eigenvalue weighted by Crippen LogP contribution is -2.18. The predicted octanol–water partition coefficient (Wildman–Crippen LogP) is 2.07. The highest BCUT2D eigenvalue weighted by Gasteiger charge is 2.09. The second-order valence-corrected chi connectivity index (χ2v) is 5.17. The molecule has 0 saturated heterocycles. The zero-order chi connectivity index (χ0) is 14.4.